The average Bonchev–Trinajstić information content (AvgIpc) is 3.27. The zero-order valence-corrected chi connectivity index (χ0v) is 34.3. The maximum absolute atomic E-state index is 7.25. The van der Waals surface area contributed by atoms with Crippen LogP contribution in [0.5, 0.6) is 5.75 Å². The van der Waals surface area contributed by atoms with Crippen LogP contribution >= 0.6 is 23.2 Å². The molecule has 8 heteroatoms. The highest BCUT2D eigenvalue weighted by Gasteiger charge is 2.49. The van der Waals surface area contributed by atoms with E-state index in [1.54, 1.807) is 0 Å². The molecule has 0 aromatic heterocycles. The number of halogens is 2. The third kappa shape index (κ3) is 11.4. The Kier molecular flexibility index (Phi) is 15.4. The molecular formula is C50H50Cl2O6. The molecule has 300 valence electrons. The van der Waals surface area contributed by atoms with E-state index in [2.05, 4.69) is 66.7 Å². The fourth-order valence-corrected chi connectivity index (χ4v) is 7.81. The van der Waals surface area contributed by atoms with E-state index in [0.717, 1.165) is 50.3 Å². The van der Waals surface area contributed by atoms with Crippen molar-refractivity contribution in [2.24, 2.45) is 0 Å². The second kappa shape index (κ2) is 21.5. The van der Waals surface area contributed by atoms with E-state index in [1.165, 1.54) is 0 Å². The normalized spacial score (nSPS) is 19.2. The second-order valence-corrected chi connectivity index (χ2v) is 15.1. The molecule has 6 nitrogen and oxygen atoms in total. The summed E-state index contributed by atoms with van der Waals surface area (Å²) in [7, 11) is 0. The third-order valence-corrected chi connectivity index (χ3v) is 10.9. The summed E-state index contributed by atoms with van der Waals surface area (Å²) in [4.78, 5) is 0. The fourth-order valence-electron chi connectivity index (χ4n) is 7.32. The van der Waals surface area contributed by atoms with Crippen LogP contribution in [-0.4, -0.2) is 37.6 Å². The van der Waals surface area contributed by atoms with Gasteiger partial charge in [0.25, 0.3) is 0 Å². The van der Waals surface area contributed by atoms with Crippen LogP contribution in [0, 0.1) is 0 Å². The van der Waals surface area contributed by atoms with E-state index < -0.39 is 30.5 Å². The van der Waals surface area contributed by atoms with Gasteiger partial charge in [-0.25, -0.2) is 0 Å². The smallest absolute Gasteiger partial charge is 0.119 e. The Morgan fingerprint density at radius 3 is 1.55 bits per heavy atom. The van der Waals surface area contributed by atoms with Crippen LogP contribution in [0.15, 0.2) is 158 Å². The van der Waals surface area contributed by atoms with Crippen molar-refractivity contribution >= 4 is 23.2 Å². The molecule has 1 heterocycles. The first-order valence-corrected chi connectivity index (χ1v) is 20.8. The van der Waals surface area contributed by atoms with Crippen LogP contribution in [-0.2, 0) is 62.4 Å². The van der Waals surface area contributed by atoms with Gasteiger partial charge in [-0.3, -0.25) is 0 Å². The minimum absolute atomic E-state index is 0.225. The molecular weight excluding hydrogens is 767 g/mol. The maximum atomic E-state index is 7.25. The van der Waals surface area contributed by atoms with E-state index in [0.29, 0.717) is 44.5 Å². The first-order chi connectivity index (χ1) is 28.6. The summed E-state index contributed by atoms with van der Waals surface area (Å²) in [6.07, 6.45) is -2.31. The molecule has 0 radical (unpaired) electrons. The van der Waals surface area contributed by atoms with Crippen LogP contribution in [0.3, 0.4) is 0 Å². The lowest BCUT2D eigenvalue weighted by molar-refractivity contribution is -0.275. The van der Waals surface area contributed by atoms with E-state index in [9.17, 15) is 0 Å². The second-order valence-electron chi connectivity index (χ2n) is 14.4. The minimum atomic E-state index is -0.614. The van der Waals surface area contributed by atoms with E-state index >= 15 is 0 Å². The Morgan fingerprint density at radius 1 is 0.534 bits per heavy atom. The Bertz CT molecular complexity index is 2100. The molecule has 1 aliphatic rings. The fraction of sp³-hybridized carbons (Fsp3) is 0.280. The molecule has 6 aromatic carbocycles. The van der Waals surface area contributed by atoms with Crippen molar-refractivity contribution in [3.05, 3.63) is 207 Å². The molecule has 1 aliphatic heterocycles. The number of hydrogen-bond acceptors (Lipinski definition) is 6. The molecule has 0 bridgehead atoms. The molecule has 0 N–H and O–H groups in total. The lowest BCUT2D eigenvalue weighted by Gasteiger charge is -2.47. The Hall–Kier alpha value is -4.50. The molecule has 7 rings (SSSR count). The van der Waals surface area contributed by atoms with Crippen molar-refractivity contribution in [3.63, 3.8) is 0 Å². The molecule has 1 unspecified atom stereocenters. The van der Waals surface area contributed by atoms with Gasteiger partial charge in [-0.05, 0) is 76.1 Å². The molecule has 0 aliphatic carbocycles. The summed E-state index contributed by atoms with van der Waals surface area (Å²) >= 11 is 13.8. The van der Waals surface area contributed by atoms with Crippen molar-refractivity contribution in [2.45, 2.75) is 76.2 Å². The third-order valence-electron chi connectivity index (χ3n) is 10.3. The van der Waals surface area contributed by atoms with Gasteiger partial charge in [-0.1, -0.05) is 151 Å². The molecule has 6 aromatic rings. The zero-order chi connectivity index (χ0) is 39.9. The summed E-state index contributed by atoms with van der Waals surface area (Å²) in [6, 6.07) is 52.8. The van der Waals surface area contributed by atoms with E-state index in [1.807, 2.05) is 97.9 Å². The summed E-state index contributed by atoms with van der Waals surface area (Å²) in [6.45, 7) is 4.29. The topological polar surface area (TPSA) is 55.4 Å². The predicted octanol–water partition coefficient (Wildman–Crippen LogP) is 11.5. The summed E-state index contributed by atoms with van der Waals surface area (Å²) in [5.41, 5.74) is 7.97. The molecule has 5 atom stereocenters. The van der Waals surface area contributed by atoms with Crippen LogP contribution in [0.25, 0.3) is 0 Å². The number of benzene rings is 6. The van der Waals surface area contributed by atoms with Crippen LogP contribution in [0.4, 0.5) is 0 Å². The largest absolute Gasteiger partial charge is 0.494 e. The van der Waals surface area contributed by atoms with Gasteiger partial charge in [0.2, 0.25) is 0 Å². The SMILES string of the molecule is CCOc1ccc(Cc2cc([C@@H]3O[C@H](COCc4ccccc4)[C@@H](OCc4ccccc4)C(OCc4ccccc4)[C@H]3OCc3ccccc3)c(CCl)cc2Cl)cc1. The zero-order valence-electron chi connectivity index (χ0n) is 32.8. The minimum Gasteiger partial charge on any atom is -0.494 e. The highest BCUT2D eigenvalue weighted by Crippen LogP contribution is 2.42. The highest BCUT2D eigenvalue weighted by atomic mass is 35.5. The van der Waals surface area contributed by atoms with E-state index in [-0.39, 0.29) is 12.5 Å². The van der Waals surface area contributed by atoms with Crippen molar-refractivity contribution < 1.29 is 28.4 Å². The Labute approximate surface area is 352 Å². The molecule has 0 saturated carbocycles. The first-order valence-electron chi connectivity index (χ1n) is 19.9. The molecule has 1 fully saturated rings. The monoisotopic (exact) mass is 816 g/mol. The van der Waals surface area contributed by atoms with Crippen molar-refractivity contribution in [1.29, 1.82) is 0 Å². The summed E-state index contributed by atoms with van der Waals surface area (Å²) in [5.74, 6) is 1.05. The average molecular weight is 818 g/mol. The molecule has 58 heavy (non-hydrogen) atoms. The van der Waals surface area contributed by atoms with Gasteiger partial charge >= 0.3 is 0 Å². The van der Waals surface area contributed by atoms with Crippen molar-refractivity contribution in [2.75, 3.05) is 13.2 Å². The van der Waals surface area contributed by atoms with Gasteiger partial charge in [-0.2, -0.15) is 0 Å². The van der Waals surface area contributed by atoms with Gasteiger partial charge in [0.1, 0.15) is 36.3 Å². The first kappa shape index (κ1) is 41.7. The lowest BCUT2D eigenvalue weighted by Crippen LogP contribution is -2.58. The van der Waals surface area contributed by atoms with Gasteiger partial charge < -0.3 is 28.4 Å². The highest BCUT2D eigenvalue weighted by molar-refractivity contribution is 6.31. The van der Waals surface area contributed by atoms with Crippen molar-refractivity contribution in [1.82, 2.24) is 0 Å². The van der Waals surface area contributed by atoms with Crippen LogP contribution in [0.1, 0.15) is 57.5 Å². The maximum Gasteiger partial charge on any atom is 0.119 e. The number of ether oxygens (including phenoxy) is 6. The van der Waals surface area contributed by atoms with Gasteiger partial charge in [-0.15, -0.1) is 11.6 Å². The number of alkyl halides is 1. The Balaban J connectivity index is 1.29. The Morgan fingerprint density at radius 2 is 1.03 bits per heavy atom. The molecule has 0 amide bonds. The molecule has 0 spiro atoms. The van der Waals surface area contributed by atoms with Gasteiger partial charge in [0, 0.05) is 10.9 Å². The molecule has 1 saturated heterocycles. The lowest BCUT2D eigenvalue weighted by atomic mass is 9.87. The number of rotatable bonds is 19. The number of hydrogen-bond donors (Lipinski definition) is 0. The van der Waals surface area contributed by atoms with Gasteiger partial charge in [0.05, 0.1) is 39.6 Å². The van der Waals surface area contributed by atoms with Crippen LogP contribution in [0.2, 0.25) is 5.02 Å². The predicted molar refractivity (Wildman–Crippen MR) is 230 cm³/mol. The summed E-state index contributed by atoms with van der Waals surface area (Å²) < 4.78 is 40.3. The van der Waals surface area contributed by atoms with Gasteiger partial charge in [0.15, 0.2) is 0 Å². The quantitative estimate of drug-likeness (QED) is 0.0759. The van der Waals surface area contributed by atoms with Crippen molar-refractivity contribution in [3.8, 4) is 5.75 Å². The van der Waals surface area contributed by atoms with Crippen LogP contribution < -0.4 is 4.74 Å². The standard InChI is InChI=1S/C50H50Cl2O6/c1-2-54-43-25-23-36(24-26-43)27-41-28-44(42(30-51)29-45(41)52)47-49(56-33-39-19-11-5-12-20-39)50(57-34-40-21-13-6-14-22-40)48(55-32-38-17-9-4-10-18-38)46(58-47)35-53-31-37-15-7-3-8-16-37/h3-26,28-29,46-50H,2,27,30-35H2,1H3/t46-,47+,48-,49+,50?/m1/s1. The van der Waals surface area contributed by atoms with E-state index in [4.69, 9.17) is 51.6 Å². The summed E-state index contributed by atoms with van der Waals surface area (Å²) in [5, 5.41) is 0.634.